The molecule has 0 aliphatic carbocycles. The lowest BCUT2D eigenvalue weighted by molar-refractivity contribution is -0.137. The van der Waals surface area contributed by atoms with Crippen LogP contribution in [0.25, 0.3) is 0 Å². The van der Waals surface area contributed by atoms with Gasteiger partial charge in [0, 0.05) is 25.3 Å². The Hall–Kier alpha value is -2.26. The van der Waals surface area contributed by atoms with Crippen molar-refractivity contribution in [3.05, 3.63) is 54.1 Å². The molecule has 0 bridgehead atoms. The highest BCUT2D eigenvalue weighted by atomic mass is 32.2. The fourth-order valence-corrected chi connectivity index (χ4v) is 4.34. The lowest BCUT2D eigenvalue weighted by Gasteiger charge is -2.19. The average molecular weight is 414 g/mol. The molecule has 1 heterocycles. The van der Waals surface area contributed by atoms with Crippen molar-refractivity contribution in [3.8, 4) is 5.75 Å². The minimum absolute atomic E-state index is 0.0719. The monoisotopic (exact) mass is 414 g/mol. The average Bonchev–Trinajstić information content (AvgIpc) is 3.15. The number of nitrogens with one attached hydrogen (secondary N) is 1. The summed E-state index contributed by atoms with van der Waals surface area (Å²) in [7, 11) is -2.41. The first-order chi connectivity index (χ1) is 13.2. The van der Waals surface area contributed by atoms with Crippen molar-refractivity contribution in [2.24, 2.45) is 5.92 Å². The minimum Gasteiger partial charge on any atom is -0.497 e. The Bertz CT molecular complexity index is 915. The van der Waals surface area contributed by atoms with Crippen LogP contribution in [0.2, 0.25) is 0 Å². The van der Waals surface area contributed by atoms with Gasteiger partial charge in [0.1, 0.15) is 5.75 Å². The second-order valence-corrected chi connectivity index (χ2v) is 8.44. The van der Waals surface area contributed by atoms with E-state index in [9.17, 15) is 21.6 Å². The molecule has 0 saturated carbocycles. The number of methoxy groups -OCH3 is 1. The third-order valence-electron chi connectivity index (χ3n) is 4.76. The summed E-state index contributed by atoms with van der Waals surface area (Å²) < 4.78 is 70.8. The van der Waals surface area contributed by atoms with Crippen molar-refractivity contribution in [1.82, 2.24) is 4.72 Å². The van der Waals surface area contributed by atoms with Crippen LogP contribution in [0.4, 0.5) is 18.9 Å². The third kappa shape index (κ3) is 4.77. The summed E-state index contributed by atoms with van der Waals surface area (Å²) in [5.41, 5.74) is 0.0333. The zero-order chi connectivity index (χ0) is 20.4. The Balaban J connectivity index is 1.61. The molecule has 28 heavy (non-hydrogen) atoms. The van der Waals surface area contributed by atoms with Crippen LogP contribution in [0.5, 0.6) is 5.75 Å². The number of anilines is 1. The van der Waals surface area contributed by atoms with Gasteiger partial charge in [-0.25, -0.2) is 13.1 Å². The zero-order valence-corrected chi connectivity index (χ0v) is 16.1. The van der Waals surface area contributed by atoms with Crippen LogP contribution in [-0.4, -0.2) is 35.2 Å². The van der Waals surface area contributed by atoms with Crippen molar-refractivity contribution >= 4 is 15.7 Å². The minimum atomic E-state index is -4.59. The largest absolute Gasteiger partial charge is 0.497 e. The molecule has 1 aliphatic rings. The lowest BCUT2D eigenvalue weighted by atomic mass is 10.1. The molecule has 2 aromatic carbocycles. The van der Waals surface area contributed by atoms with Crippen molar-refractivity contribution in [2.75, 3.05) is 31.6 Å². The summed E-state index contributed by atoms with van der Waals surface area (Å²) in [6.45, 7) is 1.62. The van der Waals surface area contributed by atoms with E-state index in [1.807, 2.05) is 24.3 Å². The molecule has 0 amide bonds. The van der Waals surface area contributed by atoms with E-state index in [2.05, 4.69) is 9.62 Å². The molecular formula is C19H21F3N2O3S. The van der Waals surface area contributed by atoms with E-state index in [1.54, 1.807) is 7.11 Å². The predicted molar refractivity (Wildman–Crippen MR) is 99.9 cm³/mol. The van der Waals surface area contributed by atoms with Crippen LogP contribution in [0.3, 0.4) is 0 Å². The molecule has 1 N–H and O–H groups in total. The molecule has 1 atom stereocenters. The summed E-state index contributed by atoms with van der Waals surface area (Å²) in [5, 5.41) is 0. The van der Waals surface area contributed by atoms with E-state index in [1.165, 1.54) is 0 Å². The quantitative estimate of drug-likeness (QED) is 0.786. The number of alkyl halides is 3. The lowest BCUT2D eigenvalue weighted by Crippen LogP contribution is -2.31. The van der Waals surface area contributed by atoms with Gasteiger partial charge in [-0.05, 0) is 54.8 Å². The first kappa shape index (κ1) is 20.5. The number of hydrogen-bond donors (Lipinski definition) is 1. The van der Waals surface area contributed by atoms with Crippen molar-refractivity contribution in [1.29, 1.82) is 0 Å². The summed E-state index contributed by atoms with van der Waals surface area (Å²) >= 11 is 0. The Morgan fingerprint density at radius 2 is 1.89 bits per heavy atom. The number of nitrogens with zero attached hydrogens (tertiary/aromatic N) is 1. The zero-order valence-electron chi connectivity index (χ0n) is 15.2. The maximum Gasteiger partial charge on any atom is 0.416 e. The molecule has 152 valence electrons. The Kier molecular flexibility index (Phi) is 5.85. The van der Waals surface area contributed by atoms with Crippen LogP contribution < -0.4 is 14.4 Å². The maximum atomic E-state index is 12.8. The van der Waals surface area contributed by atoms with E-state index >= 15 is 0 Å². The predicted octanol–water partition coefficient (Wildman–Crippen LogP) is 3.52. The Labute approximate surface area is 162 Å². The fourth-order valence-electron chi connectivity index (χ4n) is 3.18. The number of halogens is 3. The smallest absolute Gasteiger partial charge is 0.416 e. The molecule has 3 rings (SSSR count). The molecule has 0 radical (unpaired) electrons. The van der Waals surface area contributed by atoms with Crippen molar-refractivity contribution in [2.45, 2.75) is 17.5 Å². The normalized spacial score (nSPS) is 17.7. The Morgan fingerprint density at radius 1 is 1.18 bits per heavy atom. The summed E-state index contributed by atoms with van der Waals surface area (Å²) in [6, 6.07) is 11.4. The van der Waals surface area contributed by atoms with Gasteiger partial charge < -0.3 is 9.64 Å². The van der Waals surface area contributed by atoms with Gasteiger partial charge in [-0.1, -0.05) is 6.07 Å². The first-order valence-electron chi connectivity index (χ1n) is 8.75. The standard InChI is InChI=1S/C19H21F3N2O3S/c1-27-17-7-5-16(6-8-17)24-10-9-14(13-24)12-23-28(25,26)18-4-2-3-15(11-18)19(20,21)22/h2-8,11,14,23H,9-10,12-13H2,1H3/t14-/m0/s1. The Morgan fingerprint density at radius 3 is 2.54 bits per heavy atom. The van der Waals surface area contributed by atoms with E-state index in [0.29, 0.717) is 12.6 Å². The van der Waals surface area contributed by atoms with Crippen LogP contribution in [0, 0.1) is 5.92 Å². The number of benzene rings is 2. The molecule has 1 aliphatic heterocycles. The highest BCUT2D eigenvalue weighted by molar-refractivity contribution is 7.89. The first-order valence-corrected chi connectivity index (χ1v) is 10.2. The number of ether oxygens (including phenoxy) is 1. The number of sulfonamides is 1. The van der Waals surface area contributed by atoms with Crippen LogP contribution >= 0.6 is 0 Å². The molecule has 9 heteroatoms. The molecule has 2 aromatic rings. The molecular weight excluding hydrogens is 393 g/mol. The molecule has 0 unspecified atom stereocenters. The molecule has 5 nitrogen and oxygen atoms in total. The van der Waals surface area contributed by atoms with Gasteiger partial charge in [0.2, 0.25) is 10.0 Å². The highest BCUT2D eigenvalue weighted by Crippen LogP contribution is 2.30. The van der Waals surface area contributed by atoms with Gasteiger partial charge in [-0.3, -0.25) is 0 Å². The summed E-state index contributed by atoms with van der Waals surface area (Å²) in [4.78, 5) is 1.76. The fraction of sp³-hybridized carbons (Fsp3) is 0.368. The van der Waals surface area contributed by atoms with Gasteiger partial charge >= 0.3 is 6.18 Å². The van der Waals surface area contributed by atoms with E-state index in [4.69, 9.17) is 4.74 Å². The second-order valence-electron chi connectivity index (χ2n) is 6.68. The van der Waals surface area contributed by atoms with Gasteiger partial charge in [0.15, 0.2) is 0 Å². The van der Waals surface area contributed by atoms with Gasteiger partial charge in [0.05, 0.1) is 17.6 Å². The maximum absolute atomic E-state index is 12.8. The topological polar surface area (TPSA) is 58.6 Å². The molecule has 0 aromatic heterocycles. The van der Waals surface area contributed by atoms with Gasteiger partial charge in [0.25, 0.3) is 0 Å². The summed E-state index contributed by atoms with van der Waals surface area (Å²) in [6.07, 6.45) is -3.80. The highest BCUT2D eigenvalue weighted by Gasteiger charge is 2.32. The molecule has 0 spiro atoms. The van der Waals surface area contributed by atoms with Crippen LogP contribution in [0.15, 0.2) is 53.4 Å². The number of hydrogen-bond acceptors (Lipinski definition) is 4. The van der Waals surface area contributed by atoms with Gasteiger partial charge in [-0.15, -0.1) is 0 Å². The molecule has 1 saturated heterocycles. The SMILES string of the molecule is COc1ccc(N2CC[C@@H](CNS(=O)(=O)c3cccc(C(F)(F)F)c3)C2)cc1. The third-order valence-corrected chi connectivity index (χ3v) is 6.18. The van der Waals surface area contributed by atoms with Crippen LogP contribution in [-0.2, 0) is 16.2 Å². The van der Waals surface area contributed by atoms with Crippen molar-refractivity contribution < 1.29 is 26.3 Å². The number of rotatable bonds is 6. The van der Waals surface area contributed by atoms with Gasteiger partial charge in [-0.2, -0.15) is 13.2 Å². The second kappa shape index (κ2) is 8.00. The van der Waals surface area contributed by atoms with Crippen LogP contribution in [0.1, 0.15) is 12.0 Å². The van der Waals surface area contributed by atoms with Crippen molar-refractivity contribution in [3.63, 3.8) is 0 Å². The van der Waals surface area contributed by atoms with E-state index in [-0.39, 0.29) is 17.4 Å². The van der Waals surface area contributed by atoms with E-state index in [0.717, 1.165) is 42.6 Å². The summed E-state index contributed by atoms with van der Waals surface area (Å²) in [5.74, 6) is 0.830. The molecule has 1 fully saturated rings. The van der Waals surface area contributed by atoms with E-state index < -0.39 is 21.8 Å².